The van der Waals surface area contributed by atoms with Gasteiger partial charge in [-0.2, -0.15) is 0 Å². The number of ether oxygens (including phenoxy) is 1. The van der Waals surface area contributed by atoms with E-state index in [4.69, 9.17) is 4.74 Å². The number of hydrogen-bond acceptors (Lipinski definition) is 2. The van der Waals surface area contributed by atoms with Gasteiger partial charge in [-0.25, -0.2) is 0 Å². The molecule has 0 bridgehead atoms. The van der Waals surface area contributed by atoms with E-state index in [0.717, 1.165) is 22.3 Å². The van der Waals surface area contributed by atoms with Crippen LogP contribution in [0.5, 0.6) is 5.75 Å². The van der Waals surface area contributed by atoms with E-state index in [1.165, 1.54) is 29.5 Å². The molecule has 1 atom stereocenters. The summed E-state index contributed by atoms with van der Waals surface area (Å²) in [5.41, 5.74) is 5.19. The van der Waals surface area contributed by atoms with Crippen LogP contribution in [-0.4, -0.2) is 7.11 Å². The summed E-state index contributed by atoms with van der Waals surface area (Å²) in [6, 6.07) is 13.3. The van der Waals surface area contributed by atoms with E-state index in [1.54, 1.807) is 7.11 Å². The smallest absolute Gasteiger partial charge is 0.143 e. The summed E-state index contributed by atoms with van der Waals surface area (Å²) >= 11 is 3.53. The fraction of sp³-hybridized carbons (Fsp3) is 0.333. The van der Waals surface area contributed by atoms with Gasteiger partial charge < -0.3 is 10.1 Å². The molecule has 0 aromatic heterocycles. The standard InChI is InChI=1S/C18H20BrNO/c1-12-10-14(19)11-17(21-2)18(12)20-16-9-5-7-13-6-3-4-8-15(13)16/h3-4,6,8,10-11,16,20H,5,7,9H2,1-2H3. The van der Waals surface area contributed by atoms with Crippen LogP contribution in [0.25, 0.3) is 0 Å². The van der Waals surface area contributed by atoms with Crippen molar-refractivity contribution in [2.75, 3.05) is 12.4 Å². The molecule has 0 fully saturated rings. The molecule has 0 amide bonds. The summed E-state index contributed by atoms with van der Waals surface area (Å²) < 4.78 is 6.59. The Morgan fingerprint density at radius 1 is 1.24 bits per heavy atom. The highest BCUT2D eigenvalue weighted by molar-refractivity contribution is 9.10. The number of benzene rings is 2. The third kappa shape index (κ3) is 2.93. The molecule has 2 nitrogen and oxygen atoms in total. The lowest BCUT2D eigenvalue weighted by molar-refractivity contribution is 0.415. The van der Waals surface area contributed by atoms with E-state index >= 15 is 0 Å². The van der Waals surface area contributed by atoms with Crippen molar-refractivity contribution in [1.29, 1.82) is 0 Å². The van der Waals surface area contributed by atoms with Crippen molar-refractivity contribution in [2.45, 2.75) is 32.2 Å². The first-order chi connectivity index (χ1) is 10.2. The third-order valence-corrected chi connectivity index (χ3v) is 4.63. The lowest BCUT2D eigenvalue weighted by Crippen LogP contribution is -2.18. The second-order valence-electron chi connectivity index (χ2n) is 5.59. The summed E-state index contributed by atoms with van der Waals surface area (Å²) in [4.78, 5) is 0. The summed E-state index contributed by atoms with van der Waals surface area (Å²) in [6.07, 6.45) is 3.58. The Kier molecular flexibility index (Phi) is 4.20. The van der Waals surface area contributed by atoms with Crippen LogP contribution in [0.4, 0.5) is 5.69 Å². The molecule has 1 N–H and O–H groups in total. The topological polar surface area (TPSA) is 21.3 Å². The third-order valence-electron chi connectivity index (χ3n) is 4.17. The molecule has 0 saturated carbocycles. The minimum atomic E-state index is 0.365. The van der Waals surface area contributed by atoms with Crippen LogP contribution in [0.3, 0.4) is 0 Å². The molecule has 1 aliphatic rings. The van der Waals surface area contributed by atoms with E-state index in [0.29, 0.717) is 6.04 Å². The first-order valence-electron chi connectivity index (χ1n) is 7.37. The molecule has 3 rings (SSSR count). The lowest BCUT2D eigenvalue weighted by atomic mass is 9.87. The van der Waals surface area contributed by atoms with E-state index in [2.05, 4.69) is 58.5 Å². The van der Waals surface area contributed by atoms with Gasteiger partial charge in [0, 0.05) is 4.47 Å². The molecule has 2 aromatic carbocycles. The van der Waals surface area contributed by atoms with Gasteiger partial charge in [-0.15, -0.1) is 0 Å². The number of hydrogen-bond donors (Lipinski definition) is 1. The molecular formula is C18H20BrNO. The molecular weight excluding hydrogens is 326 g/mol. The van der Waals surface area contributed by atoms with Gasteiger partial charge in [0.2, 0.25) is 0 Å². The fourth-order valence-electron chi connectivity index (χ4n) is 3.14. The molecule has 110 valence electrons. The highest BCUT2D eigenvalue weighted by Gasteiger charge is 2.21. The van der Waals surface area contributed by atoms with Crippen LogP contribution in [0.2, 0.25) is 0 Å². The first kappa shape index (κ1) is 14.5. The Morgan fingerprint density at radius 3 is 2.86 bits per heavy atom. The van der Waals surface area contributed by atoms with Crippen molar-refractivity contribution in [3.05, 3.63) is 57.6 Å². The van der Waals surface area contributed by atoms with Crippen molar-refractivity contribution >= 4 is 21.6 Å². The number of anilines is 1. The zero-order valence-electron chi connectivity index (χ0n) is 12.4. The van der Waals surface area contributed by atoms with E-state index in [9.17, 15) is 0 Å². The normalized spacial score (nSPS) is 17.2. The minimum absolute atomic E-state index is 0.365. The quantitative estimate of drug-likeness (QED) is 0.819. The Bertz CT molecular complexity index is 654. The largest absolute Gasteiger partial charge is 0.495 e. The molecule has 0 radical (unpaired) electrons. The zero-order valence-corrected chi connectivity index (χ0v) is 14.0. The van der Waals surface area contributed by atoms with Crippen LogP contribution in [-0.2, 0) is 6.42 Å². The van der Waals surface area contributed by atoms with Crippen LogP contribution in [0.15, 0.2) is 40.9 Å². The second kappa shape index (κ2) is 6.10. The SMILES string of the molecule is COc1cc(Br)cc(C)c1NC1CCCc2ccccc21. The number of rotatable bonds is 3. The molecule has 2 aromatic rings. The van der Waals surface area contributed by atoms with E-state index in [1.807, 2.05) is 6.07 Å². The molecule has 0 spiro atoms. The van der Waals surface area contributed by atoms with Crippen LogP contribution in [0.1, 0.15) is 35.6 Å². The highest BCUT2D eigenvalue weighted by atomic mass is 79.9. The predicted octanol–water partition coefficient (Wildman–Crippen LogP) is 5.26. The van der Waals surface area contributed by atoms with Gasteiger partial charge in [-0.05, 0) is 55.0 Å². The number of aryl methyl sites for hydroxylation is 2. The van der Waals surface area contributed by atoms with Crippen LogP contribution >= 0.6 is 15.9 Å². The van der Waals surface area contributed by atoms with Crippen molar-refractivity contribution in [1.82, 2.24) is 0 Å². The van der Waals surface area contributed by atoms with Gasteiger partial charge in [-0.3, -0.25) is 0 Å². The molecule has 3 heteroatoms. The van der Waals surface area contributed by atoms with E-state index in [-0.39, 0.29) is 0 Å². The lowest BCUT2D eigenvalue weighted by Gasteiger charge is -2.28. The van der Waals surface area contributed by atoms with Crippen LogP contribution < -0.4 is 10.1 Å². The van der Waals surface area contributed by atoms with Crippen molar-refractivity contribution in [3.8, 4) is 5.75 Å². The van der Waals surface area contributed by atoms with Crippen LogP contribution in [0, 0.1) is 6.92 Å². The van der Waals surface area contributed by atoms with Gasteiger partial charge in [-0.1, -0.05) is 40.2 Å². The summed E-state index contributed by atoms with van der Waals surface area (Å²) in [7, 11) is 1.72. The average molecular weight is 346 g/mol. The minimum Gasteiger partial charge on any atom is -0.495 e. The van der Waals surface area contributed by atoms with Gasteiger partial charge in [0.05, 0.1) is 18.8 Å². The second-order valence-corrected chi connectivity index (χ2v) is 6.50. The summed E-state index contributed by atoms with van der Waals surface area (Å²) in [5.74, 6) is 0.893. The van der Waals surface area contributed by atoms with Gasteiger partial charge in [0.1, 0.15) is 5.75 Å². The van der Waals surface area contributed by atoms with Gasteiger partial charge in [0.15, 0.2) is 0 Å². The fourth-order valence-corrected chi connectivity index (χ4v) is 3.69. The predicted molar refractivity (Wildman–Crippen MR) is 91.2 cm³/mol. The van der Waals surface area contributed by atoms with Crippen molar-refractivity contribution in [3.63, 3.8) is 0 Å². The van der Waals surface area contributed by atoms with Crippen molar-refractivity contribution in [2.24, 2.45) is 0 Å². The van der Waals surface area contributed by atoms with Crippen molar-refractivity contribution < 1.29 is 4.74 Å². The molecule has 21 heavy (non-hydrogen) atoms. The Labute approximate surface area is 134 Å². The average Bonchev–Trinajstić information content (AvgIpc) is 2.50. The maximum absolute atomic E-state index is 5.54. The van der Waals surface area contributed by atoms with Gasteiger partial charge in [0.25, 0.3) is 0 Å². The number of halogens is 1. The summed E-state index contributed by atoms with van der Waals surface area (Å²) in [5, 5.41) is 3.71. The monoisotopic (exact) mass is 345 g/mol. The Hall–Kier alpha value is -1.48. The molecule has 0 aliphatic heterocycles. The first-order valence-corrected chi connectivity index (χ1v) is 8.17. The highest BCUT2D eigenvalue weighted by Crippen LogP contribution is 2.38. The molecule has 1 aliphatic carbocycles. The Morgan fingerprint density at radius 2 is 2.05 bits per heavy atom. The number of methoxy groups -OCH3 is 1. The molecule has 0 heterocycles. The van der Waals surface area contributed by atoms with E-state index < -0.39 is 0 Å². The number of fused-ring (bicyclic) bond motifs is 1. The van der Waals surface area contributed by atoms with Gasteiger partial charge >= 0.3 is 0 Å². The maximum atomic E-state index is 5.54. The Balaban J connectivity index is 1.95. The zero-order chi connectivity index (χ0) is 14.8. The molecule has 0 saturated heterocycles. The maximum Gasteiger partial charge on any atom is 0.143 e. The number of nitrogens with one attached hydrogen (secondary N) is 1. The summed E-state index contributed by atoms with van der Waals surface area (Å²) in [6.45, 7) is 2.12. The molecule has 1 unspecified atom stereocenters.